The van der Waals surface area contributed by atoms with Crippen molar-refractivity contribution in [2.24, 2.45) is 5.92 Å². The second-order valence-corrected chi connectivity index (χ2v) is 8.21. The van der Waals surface area contributed by atoms with Gasteiger partial charge < -0.3 is 10.1 Å². The Hall–Kier alpha value is -2.54. The molecule has 0 spiro atoms. The summed E-state index contributed by atoms with van der Waals surface area (Å²) in [6.45, 7) is 4.08. The van der Waals surface area contributed by atoms with Crippen LogP contribution in [0.15, 0.2) is 42.5 Å². The number of nitrogens with one attached hydrogen (secondary N) is 1. The Kier molecular flexibility index (Phi) is 7.59. The molecule has 2 aromatic rings. The summed E-state index contributed by atoms with van der Waals surface area (Å²) in [5.41, 5.74) is 1.78. The number of carbonyl (C=O) groups excluding carboxylic acids is 1. The van der Waals surface area contributed by atoms with Gasteiger partial charge in [-0.05, 0) is 74.0 Å². The average molecular weight is 435 g/mol. The molecule has 0 unspecified atom stereocenters. The summed E-state index contributed by atoms with van der Waals surface area (Å²) in [4.78, 5) is 14.6. The van der Waals surface area contributed by atoms with Crippen molar-refractivity contribution in [1.82, 2.24) is 4.90 Å². The van der Waals surface area contributed by atoms with Gasteiger partial charge in [0.05, 0.1) is 12.7 Å². The fourth-order valence-electron chi connectivity index (χ4n) is 4.09. The van der Waals surface area contributed by atoms with E-state index < -0.39 is 11.7 Å². The van der Waals surface area contributed by atoms with Gasteiger partial charge in [0.25, 0.3) is 0 Å². The van der Waals surface area contributed by atoms with Crippen molar-refractivity contribution < 1.29 is 22.7 Å². The molecular formula is C24H29F3N2O2. The lowest BCUT2D eigenvalue weighted by Crippen LogP contribution is -2.35. The third kappa shape index (κ3) is 6.72. The summed E-state index contributed by atoms with van der Waals surface area (Å²) in [7, 11) is 1.60. The van der Waals surface area contributed by atoms with E-state index >= 15 is 0 Å². The molecule has 0 aliphatic carbocycles. The molecular weight excluding hydrogens is 405 g/mol. The Morgan fingerprint density at radius 3 is 2.74 bits per heavy atom. The van der Waals surface area contributed by atoms with Crippen LogP contribution >= 0.6 is 0 Å². The van der Waals surface area contributed by atoms with E-state index in [0.29, 0.717) is 24.4 Å². The Bertz CT molecular complexity index is 899. The minimum atomic E-state index is -4.32. The molecule has 1 aliphatic rings. The van der Waals surface area contributed by atoms with Gasteiger partial charge in [-0.25, -0.2) is 0 Å². The molecule has 4 nitrogen and oxygen atoms in total. The lowest BCUT2D eigenvalue weighted by molar-refractivity contribution is -0.137. The van der Waals surface area contributed by atoms with Gasteiger partial charge in [0, 0.05) is 25.2 Å². The highest BCUT2D eigenvalue weighted by molar-refractivity contribution is 5.91. The Labute approximate surface area is 181 Å². The van der Waals surface area contributed by atoms with Crippen molar-refractivity contribution in [3.05, 3.63) is 59.2 Å². The molecule has 2 aromatic carbocycles. The zero-order valence-corrected chi connectivity index (χ0v) is 18.0. The first-order valence-corrected chi connectivity index (χ1v) is 10.6. The van der Waals surface area contributed by atoms with Gasteiger partial charge in [-0.3, -0.25) is 9.69 Å². The van der Waals surface area contributed by atoms with Crippen molar-refractivity contribution in [1.29, 1.82) is 0 Å². The standard InChI is InChI=1S/C24H29F3N2O2/c1-17-13-21(31-2)9-10-22(17)28-23(30)11-8-18-6-4-12-29(15-18)16-19-5-3-7-20(14-19)24(25,26)27/h3,5,7,9-10,13-14,18H,4,6,8,11-12,15-16H2,1-2H3,(H,28,30)/t18-/m0/s1. The van der Waals surface area contributed by atoms with Crippen molar-refractivity contribution in [3.63, 3.8) is 0 Å². The number of piperidine rings is 1. The third-order valence-corrected chi connectivity index (χ3v) is 5.75. The predicted octanol–water partition coefficient (Wildman–Crippen LogP) is 5.65. The largest absolute Gasteiger partial charge is 0.497 e. The molecule has 1 N–H and O–H groups in total. The smallest absolute Gasteiger partial charge is 0.416 e. The van der Waals surface area contributed by atoms with Crippen LogP contribution in [0.3, 0.4) is 0 Å². The number of halogens is 3. The van der Waals surface area contributed by atoms with Crippen LogP contribution in [0.4, 0.5) is 18.9 Å². The number of nitrogens with zero attached hydrogens (tertiary/aromatic N) is 1. The van der Waals surface area contributed by atoms with E-state index in [-0.39, 0.29) is 5.91 Å². The van der Waals surface area contributed by atoms with E-state index in [1.165, 1.54) is 12.1 Å². The maximum absolute atomic E-state index is 12.9. The fourth-order valence-corrected chi connectivity index (χ4v) is 4.09. The SMILES string of the molecule is COc1ccc(NC(=O)CC[C@@H]2CCCN(Cc3cccc(C(F)(F)F)c3)C2)c(C)c1. The molecule has 1 saturated heterocycles. The number of amides is 1. The summed E-state index contributed by atoms with van der Waals surface area (Å²) >= 11 is 0. The topological polar surface area (TPSA) is 41.6 Å². The van der Waals surface area contributed by atoms with Crippen LogP contribution < -0.4 is 10.1 Å². The summed E-state index contributed by atoms with van der Waals surface area (Å²) < 4.78 is 44.0. The van der Waals surface area contributed by atoms with Gasteiger partial charge in [-0.15, -0.1) is 0 Å². The molecule has 7 heteroatoms. The molecule has 1 fully saturated rings. The highest BCUT2D eigenvalue weighted by Gasteiger charge is 2.30. The molecule has 0 radical (unpaired) electrons. The summed E-state index contributed by atoms with van der Waals surface area (Å²) in [5.74, 6) is 1.09. The molecule has 1 atom stereocenters. The quantitative estimate of drug-likeness (QED) is 0.612. The minimum absolute atomic E-state index is 0.0248. The summed E-state index contributed by atoms with van der Waals surface area (Å²) in [5, 5.41) is 2.96. The maximum Gasteiger partial charge on any atom is 0.416 e. The van der Waals surface area contributed by atoms with E-state index in [4.69, 9.17) is 4.74 Å². The number of anilines is 1. The first-order valence-electron chi connectivity index (χ1n) is 10.6. The molecule has 0 bridgehead atoms. The zero-order chi connectivity index (χ0) is 22.4. The Balaban J connectivity index is 1.49. The van der Waals surface area contributed by atoms with Crippen molar-refractivity contribution in [2.45, 2.75) is 45.3 Å². The van der Waals surface area contributed by atoms with E-state index in [1.54, 1.807) is 13.2 Å². The van der Waals surface area contributed by atoms with E-state index in [0.717, 1.165) is 55.4 Å². The lowest BCUT2D eigenvalue weighted by Gasteiger charge is -2.32. The first kappa shape index (κ1) is 23.1. The number of likely N-dealkylation sites (tertiary alicyclic amines) is 1. The Morgan fingerprint density at radius 2 is 2.03 bits per heavy atom. The number of carbonyl (C=O) groups is 1. The van der Waals surface area contributed by atoms with Crippen LogP contribution in [0.2, 0.25) is 0 Å². The number of alkyl halides is 3. The number of methoxy groups -OCH3 is 1. The first-order chi connectivity index (χ1) is 14.7. The van der Waals surface area contributed by atoms with Crippen LogP contribution in [0.1, 0.15) is 42.4 Å². The predicted molar refractivity (Wildman–Crippen MR) is 115 cm³/mol. The second kappa shape index (κ2) is 10.2. The van der Waals surface area contributed by atoms with Crippen molar-refractivity contribution in [3.8, 4) is 5.75 Å². The number of rotatable bonds is 7. The van der Waals surface area contributed by atoms with Gasteiger partial charge in [0.1, 0.15) is 5.75 Å². The van der Waals surface area contributed by atoms with Gasteiger partial charge in [-0.2, -0.15) is 13.2 Å². The highest BCUT2D eigenvalue weighted by Crippen LogP contribution is 2.30. The molecule has 31 heavy (non-hydrogen) atoms. The van der Waals surface area contributed by atoms with E-state index in [2.05, 4.69) is 10.2 Å². The van der Waals surface area contributed by atoms with Gasteiger partial charge in [0.2, 0.25) is 5.91 Å². The van der Waals surface area contributed by atoms with E-state index in [1.807, 2.05) is 25.1 Å². The maximum atomic E-state index is 12.9. The number of ether oxygens (including phenoxy) is 1. The minimum Gasteiger partial charge on any atom is -0.497 e. The van der Waals surface area contributed by atoms with Gasteiger partial charge >= 0.3 is 6.18 Å². The third-order valence-electron chi connectivity index (χ3n) is 5.75. The molecule has 0 aromatic heterocycles. The van der Waals surface area contributed by atoms with E-state index in [9.17, 15) is 18.0 Å². The molecule has 1 amide bonds. The van der Waals surface area contributed by atoms with Crippen molar-refractivity contribution >= 4 is 11.6 Å². The van der Waals surface area contributed by atoms with Crippen LogP contribution in [0.25, 0.3) is 0 Å². The molecule has 168 valence electrons. The van der Waals surface area contributed by atoms with Crippen LogP contribution in [0, 0.1) is 12.8 Å². The highest BCUT2D eigenvalue weighted by atomic mass is 19.4. The molecule has 1 heterocycles. The number of hydrogen-bond acceptors (Lipinski definition) is 3. The van der Waals surface area contributed by atoms with Crippen molar-refractivity contribution in [2.75, 3.05) is 25.5 Å². The lowest BCUT2D eigenvalue weighted by atomic mass is 9.93. The van der Waals surface area contributed by atoms with Gasteiger partial charge in [0.15, 0.2) is 0 Å². The molecule has 0 saturated carbocycles. The monoisotopic (exact) mass is 434 g/mol. The zero-order valence-electron chi connectivity index (χ0n) is 18.0. The number of benzene rings is 2. The second-order valence-electron chi connectivity index (χ2n) is 8.21. The summed E-state index contributed by atoms with van der Waals surface area (Å²) in [6, 6.07) is 11.1. The number of hydrogen-bond donors (Lipinski definition) is 1. The normalized spacial score (nSPS) is 17.4. The average Bonchev–Trinajstić information content (AvgIpc) is 2.73. The van der Waals surface area contributed by atoms with Gasteiger partial charge in [-0.1, -0.05) is 18.2 Å². The number of aryl methyl sites for hydroxylation is 1. The van der Waals surface area contributed by atoms with Crippen LogP contribution in [-0.2, 0) is 17.5 Å². The molecule has 3 rings (SSSR count). The van der Waals surface area contributed by atoms with Crippen LogP contribution in [-0.4, -0.2) is 31.0 Å². The molecule has 1 aliphatic heterocycles. The summed E-state index contributed by atoms with van der Waals surface area (Å²) in [6.07, 6.45) is -1.11. The Morgan fingerprint density at radius 1 is 1.23 bits per heavy atom. The van der Waals surface area contributed by atoms with Crippen LogP contribution in [0.5, 0.6) is 5.75 Å². The fraction of sp³-hybridized carbons (Fsp3) is 0.458.